The van der Waals surface area contributed by atoms with Crippen LogP contribution in [0.3, 0.4) is 0 Å². The van der Waals surface area contributed by atoms with E-state index in [4.69, 9.17) is 4.74 Å². The van der Waals surface area contributed by atoms with Crippen molar-refractivity contribution >= 4 is 0 Å². The van der Waals surface area contributed by atoms with Gasteiger partial charge in [-0.05, 0) is 19.1 Å². The van der Waals surface area contributed by atoms with Gasteiger partial charge >= 0.3 is 0 Å². The van der Waals surface area contributed by atoms with Crippen molar-refractivity contribution in [3.63, 3.8) is 0 Å². The van der Waals surface area contributed by atoms with E-state index in [1.165, 1.54) is 6.07 Å². The summed E-state index contributed by atoms with van der Waals surface area (Å²) >= 11 is 0. The zero-order valence-electron chi connectivity index (χ0n) is 11.6. The van der Waals surface area contributed by atoms with E-state index < -0.39 is 0 Å². The molecule has 0 aliphatic carbocycles. The van der Waals surface area contributed by atoms with Gasteiger partial charge in [0, 0.05) is 23.7 Å². The van der Waals surface area contributed by atoms with Crippen molar-refractivity contribution in [1.82, 2.24) is 5.32 Å². The van der Waals surface area contributed by atoms with Gasteiger partial charge in [-0.3, -0.25) is 0 Å². The second kappa shape index (κ2) is 6.30. The summed E-state index contributed by atoms with van der Waals surface area (Å²) in [6, 6.07) is 12.8. The van der Waals surface area contributed by atoms with E-state index in [9.17, 15) is 10.2 Å². The molecule has 4 nitrogen and oxygen atoms in total. The lowest BCUT2D eigenvalue weighted by atomic mass is 10.1. The molecule has 0 radical (unpaired) electrons. The molecule has 106 valence electrons. The smallest absolute Gasteiger partial charge is 0.161 e. The topological polar surface area (TPSA) is 61.7 Å². The average molecular weight is 273 g/mol. The van der Waals surface area contributed by atoms with Gasteiger partial charge in [-0.15, -0.1) is 0 Å². The Kier molecular flexibility index (Phi) is 4.48. The van der Waals surface area contributed by atoms with Gasteiger partial charge in [0.15, 0.2) is 11.5 Å². The van der Waals surface area contributed by atoms with E-state index in [2.05, 4.69) is 5.32 Å². The van der Waals surface area contributed by atoms with Gasteiger partial charge in [0.1, 0.15) is 5.75 Å². The minimum atomic E-state index is -0.103. The quantitative estimate of drug-likeness (QED) is 0.733. The first kappa shape index (κ1) is 14.2. The number of phenols is 2. The van der Waals surface area contributed by atoms with Crippen LogP contribution in [-0.2, 0) is 6.54 Å². The maximum Gasteiger partial charge on any atom is 0.161 e. The van der Waals surface area contributed by atoms with Crippen molar-refractivity contribution < 1.29 is 14.9 Å². The molecule has 3 N–H and O–H groups in total. The molecule has 0 heterocycles. The molecule has 0 saturated heterocycles. The third-order valence-electron chi connectivity index (χ3n) is 3.30. The summed E-state index contributed by atoms with van der Waals surface area (Å²) in [4.78, 5) is 0. The van der Waals surface area contributed by atoms with E-state index >= 15 is 0 Å². The first-order chi connectivity index (χ1) is 9.63. The number of para-hydroxylation sites is 2. The van der Waals surface area contributed by atoms with Crippen LogP contribution in [0, 0.1) is 0 Å². The molecular formula is C16H19NO3. The lowest BCUT2D eigenvalue weighted by Gasteiger charge is -2.17. The van der Waals surface area contributed by atoms with Crippen LogP contribution in [-0.4, -0.2) is 17.3 Å². The number of hydrogen-bond acceptors (Lipinski definition) is 4. The number of phenolic OH excluding ortho intramolecular Hbond substituents is 2. The van der Waals surface area contributed by atoms with Gasteiger partial charge in [0.05, 0.1) is 7.11 Å². The number of nitrogens with one attached hydrogen (secondary N) is 1. The van der Waals surface area contributed by atoms with Crippen LogP contribution in [0.4, 0.5) is 0 Å². The van der Waals surface area contributed by atoms with Crippen molar-refractivity contribution in [1.29, 1.82) is 0 Å². The highest BCUT2D eigenvalue weighted by molar-refractivity contribution is 5.44. The summed E-state index contributed by atoms with van der Waals surface area (Å²) in [6.45, 7) is 2.48. The molecule has 2 aromatic carbocycles. The number of aromatic hydroxyl groups is 2. The summed E-state index contributed by atoms with van der Waals surface area (Å²) in [6.07, 6.45) is 0. The van der Waals surface area contributed by atoms with Gasteiger partial charge in [-0.2, -0.15) is 0 Å². The molecule has 0 bridgehead atoms. The molecule has 2 rings (SSSR count). The number of rotatable bonds is 5. The van der Waals surface area contributed by atoms with E-state index in [1.54, 1.807) is 19.2 Å². The van der Waals surface area contributed by atoms with E-state index in [1.807, 2.05) is 31.2 Å². The van der Waals surface area contributed by atoms with Gasteiger partial charge in [0.25, 0.3) is 0 Å². The van der Waals surface area contributed by atoms with Gasteiger partial charge < -0.3 is 20.3 Å². The van der Waals surface area contributed by atoms with Crippen molar-refractivity contribution in [2.24, 2.45) is 0 Å². The number of hydrogen-bond donors (Lipinski definition) is 3. The minimum absolute atomic E-state index is 0.0629. The summed E-state index contributed by atoms with van der Waals surface area (Å²) in [5.74, 6) is 0.647. The maximum absolute atomic E-state index is 9.77. The Hall–Kier alpha value is -2.20. The van der Waals surface area contributed by atoms with Crippen molar-refractivity contribution in [3.05, 3.63) is 53.6 Å². The third kappa shape index (κ3) is 3.03. The fourth-order valence-electron chi connectivity index (χ4n) is 2.12. The molecule has 0 fully saturated rings. The highest BCUT2D eigenvalue weighted by Gasteiger charge is 2.12. The van der Waals surface area contributed by atoms with E-state index in [-0.39, 0.29) is 17.5 Å². The lowest BCUT2D eigenvalue weighted by molar-refractivity contribution is 0.392. The monoisotopic (exact) mass is 273 g/mol. The predicted octanol–water partition coefficient (Wildman–Crippen LogP) is 2.96. The first-order valence-electron chi connectivity index (χ1n) is 6.49. The summed E-state index contributed by atoms with van der Waals surface area (Å²) in [5.41, 5.74) is 1.71. The highest BCUT2D eigenvalue weighted by Crippen LogP contribution is 2.29. The van der Waals surface area contributed by atoms with Crippen LogP contribution in [0.2, 0.25) is 0 Å². The second-order valence-electron chi connectivity index (χ2n) is 4.63. The molecule has 4 heteroatoms. The minimum Gasteiger partial charge on any atom is -0.504 e. The standard InChI is InChI=1S/C16H19NO3/c1-11(13-7-3-4-9-15(13)20-2)17-10-12-6-5-8-14(18)16(12)19/h3-9,11,17-19H,10H2,1-2H3/t11-/m1/s1. The van der Waals surface area contributed by atoms with Gasteiger partial charge in [-0.25, -0.2) is 0 Å². The van der Waals surface area contributed by atoms with E-state index in [0.717, 1.165) is 11.3 Å². The molecule has 0 unspecified atom stereocenters. The Morgan fingerprint density at radius 2 is 1.85 bits per heavy atom. The van der Waals surface area contributed by atoms with Crippen LogP contribution in [0.5, 0.6) is 17.2 Å². The summed E-state index contributed by atoms with van der Waals surface area (Å²) in [5, 5.41) is 22.5. The maximum atomic E-state index is 9.77. The van der Waals surface area contributed by atoms with E-state index in [0.29, 0.717) is 12.1 Å². The Morgan fingerprint density at radius 3 is 2.60 bits per heavy atom. The van der Waals surface area contributed by atoms with Crippen molar-refractivity contribution in [2.75, 3.05) is 7.11 Å². The Bertz CT molecular complexity index is 584. The molecule has 1 atom stereocenters. The number of benzene rings is 2. The fourth-order valence-corrected chi connectivity index (χ4v) is 2.12. The Balaban J connectivity index is 2.09. The average Bonchev–Trinajstić information content (AvgIpc) is 2.48. The molecule has 0 aromatic heterocycles. The van der Waals surface area contributed by atoms with Crippen molar-refractivity contribution in [2.45, 2.75) is 19.5 Å². The highest BCUT2D eigenvalue weighted by atomic mass is 16.5. The van der Waals surface area contributed by atoms with Crippen LogP contribution in [0.1, 0.15) is 24.1 Å². The van der Waals surface area contributed by atoms with Crippen LogP contribution in [0.25, 0.3) is 0 Å². The molecular weight excluding hydrogens is 254 g/mol. The Morgan fingerprint density at radius 1 is 1.10 bits per heavy atom. The molecule has 2 aromatic rings. The van der Waals surface area contributed by atoms with Crippen LogP contribution >= 0.6 is 0 Å². The largest absolute Gasteiger partial charge is 0.504 e. The second-order valence-corrected chi connectivity index (χ2v) is 4.63. The number of methoxy groups -OCH3 is 1. The summed E-state index contributed by atoms with van der Waals surface area (Å²) < 4.78 is 5.33. The molecule has 20 heavy (non-hydrogen) atoms. The SMILES string of the molecule is COc1ccccc1[C@@H](C)NCc1cccc(O)c1O. The fraction of sp³-hybridized carbons (Fsp3) is 0.250. The molecule has 0 aliphatic rings. The van der Waals surface area contributed by atoms with Crippen LogP contribution < -0.4 is 10.1 Å². The number of ether oxygens (including phenoxy) is 1. The normalized spacial score (nSPS) is 12.1. The summed E-state index contributed by atoms with van der Waals surface area (Å²) in [7, 11) is 1.65. The first-order valence-corrected chi connectivity index (χ1v) is 6.49. The zero-order valence-corrected chi connectivity index (χ0v) is 11.6. The van der Waals surface area contributed by atoms with Gasteiger partial charge in [-0.1, -0.05) is 30.3 Å². The molecule has 0 saturated carbocycles. The third-order valence-corrected chi connectivity index (χ3v) is 3.30. The molecule has 0 spiro atoms. The lowest BCUT2D eigenvalue weighted by Crippen LogP contribution is -2.18. The molecule has 0 amide bonds. The predicted molar refractivity (Wildman–Crippen MR) is 78.0 cm³/mol. The Labute approximate surface area is 118 Å². The zero-order chi connectivity index (χ0) is 14.5. The molecule has 0 aliphatic heterocycles. The van der Waals surface area contributed by atoms with Gasteiger partial charge in [0.2, 0.25) is 0 Å². The van der Waals surface area contributed by atoms with Crippen LogP contribution in [0.15, 0.2) is 42.5 Å². The van der Waals surface area contributed by atoms with Crippen molar-refractivity contribution in [3.8, 4) is 17.2 Å².